The third-order valence-corrected chi connectivity index (χ3v) is 5.06. The molecular weight excluding hydrogens is 351 g/mol. The van der Waals surface area contributed by atoms with Gasteiger partial charge in [0.05, 0.1) is 26.1 Å². The van der Waals surface area contributed by atoms with Crippen LogP contribution in [0.1, 0.15) is 32.1 Å². The first kappa shape index (κ1) is 16.8. The zero-order valence-electron chi connectivity index (χ0n) is 11.2. The fraction of sp³-hybridized carbons (Fsp3) is 0.429. The van der Waals surface area contributed by atoms with Crippen LogP contribution in [-0.4, -0.2) is 10.9 Å². The fourth-order valence-electron chi connectivity index (χ4n) is 2.64. The molecule has 0 bridgehead atoms. The first-order valence-corrected chi connectivity index (χ1v) is 8.17. The fourth-order valence-corrected chi connectivity index (χ4v) is 3.84. The van der Waals surface area contributed by atoms with Gasteiger partial charge >= 0.3 is 0 Å². The molecule has 1 saturated carbocycles. The first-order valence-electron chi connectivity index (χ1n) is 6.63. The number of rotatable bonds is 3. The van der Waals surface area contributed by atoms with Crippen LogP contribution in [0.5, 0.6) is 0 Å². The van der Waals surface area contributed by atoms with Crippen LogP contribution in [0, 0.1) is 5.41 Å². The van der Waals surface area contributed by atoms with Gasteiger partial charge in [-0.2, -0.15) is 0 Å². The average Bonchev–Trinajstić information content (AvgIpc) is 2.43. The van der Waals surface area contributed by atoms with Crippen LogP contribution in [0.15, 0.2) is 12.1 Å². The predicted molar refractivity (Wildman–Crippen MR) is 92.4 cm³/mol. The van der Waals surface area contributed by atoms with Gasteiger partial charge in [-0.3, -0.25) is 4.79 Å². The Morgan fingerprint density at radius 2 is 1.67 bits per heavy atom. The highest BCUT2D eigenvalue weighted by Crippen LogP contribution is 2.40. The number of anilines is 1. The van der Waals surface area contributed by atoms with E-state index in [1.807, 2.05) is 0 Å². The number of benzene rings is 1. The van der Waals surface area contributed by atoms with Crippen molar-refractivity contribution in [3.8, 4) is 0 Å². The number of hydrogen-bond acceptors (Lipinski definition) is 2. The Labute approximate surface area is 144 Å². The van der Waals surface area contributed by atoms with Crippen molar-refractivity contribution in [2.45, 2.75) is 32.1 Å². The van der Waals surface area contributed by atoms with E-state index in [1.54, 1.807) is 0 Å². The Morgan fingerprint density at radius 3 is 2.14 bits per heavy atom. The maximum Gasteiger partial charge on any atom is 0.237 e. The molecule has 0 aromatic heterocycles. The number of nitrogens with one attached hydrogen (secondary N) is 1. The molecule has 7 heteroatoms. The molecule has 2 rings (SSSR count). The zero-order chi connectivity index (χ0) is 15.6. The molecular formula is C14H15Cl3N2OS. The average molecular weight is 366 g/mol. The molecule has 1 aromatic carbocycles. The van der Waals surface area contributed by atoms with E-state index >= 15 is 0 Å². The van der Waals surface area contributed by atoms with Gasteiger partial charge in [0, 0.05) is 5.02 Å². The largest absolute Gasteiger partial charge is 0.392 e. The normalized spacial score (nSPS) is 17.3. The minimum Gasteiger partial charge on any atom is -0.392 e. The number of hydrogen-bond donors (Lipinski definition) is 2. The van der Waals surface area contributed by atoms with Crippen molar-refractivity contribution in [1.82, 2.24) is 0 Å². The number of thiocarbonyl (C=S) groups is 1. The van der Waals surface area contributed by atoms with Crippen molar-refractivity contribution < 1.29 is 4.79 Å². The first-order chi connectivity index (χ1) is 9.86. The number of carbonyl (C=O) groups excluding carboxylic acids is 1. The Balaban J connectivity index is 2.30. The second-order valence-electron chi connectivity index (χ2n) is 5.21. The van der Waals surface area contributed by atoms with E-state index in [0.717, 1.165) is 19.3 Å². The third-order valence-electron chi connectivity index (χ3n) is 3.86. The SMILES string of the molecule is NC(=S)C1(C(=O)Nc2c(Cl)cc(Cl)cc2Cl)CCCCC1. The molecule has 1 aliphatic carbocycles. The lowest BCUT2D eigenvalue weighted by Gasteiger charge is -2.34. The van der Waals surface area contributed by atoms with Crippen LogP contribution in [0.2, 0.25) is 15.1 Å². The van der Waals surface area contributed by atoms with E-state index in [9.17, 15) is 4.79 Å². The molecule has 1 aromatic rings. The van der Waals surface area contributed by atoms with Crippen molar-refractivity contribution in [2.24, 2.45) is 11.1 Å². The third kappa shape index (κ3) is 3.45. The van der Waals surface area contributed by atoms with Crippen molar-refractivity contribution in [1.29, 1.82) is 0 Å². The van der Waals surface area contributed by atoms with Crippen LogP contribution in [0.4, 0.5) is 5.69 Å². The van der Waals surface area contributed by atoms with Crippen LogP contribution in [0.25, 0.3) is 0 Å². The molecule has 0 atom stereocenters. The minimum absolute atomic E-state index is 0.223. The molecule has 1 amide bonds. The van der Waals surface area contributed by atoms with Gasteiger partial charge in [0.1, 0.15) is 0 Å². The van der Waals surface area contributed by atoms with Gasteiger partial charge < -0.3 is 11.1 Å². The second-order valence-corrected chi connectivity index (χ2v) is 6.90. The summed E-state index contributed by atoms with van der Waals surface area (Å²) in [6.07, 6.45) is 4.23. The summed E-state index contributed by atoms with van der Waals surface area (Å²) < 4.78 is 0. The predicted octanol–water partition coefficient (Wildman–Crippen LogP) is 4.82. The number of carbonyl (C=O) groups is 1. The van der Waals surface area contributed by atoms with Crippen LogP contribution in [-0.2, 0) is 4.79 Å². The highest BCUT2D eigenvalue weighted by Gasteiger charge is 2.42. The summed E-state index contributed by atoms with van der Waals surface area (Å²) >= 11 is 23.2. The molecule has 0 spiro atoms. The molecule has 114 valence electrons. The summed E-state index contributed by atoms with van der Waals surface area (Å²) in [5.41, 5.74) is 5.36. The Kier molecular flexibility index (Phi) is 5.36. The molecule has 1 aliphatic rings. The maximum atomic E-state index is 12.7. The standard InChI is InChI=1S/C14H15Cl3N2OS/c15-8-6-9(16)11(10(17)7-8)19-13(20)14(12(18)21)4-2-1-3-5-14/h6-7H,1-5H2,(H2,18,21)(H,19,20). The summed E-state index contributed by atoms with van der Waals surface area (Å²) in [5, 5.41) is 3.75. The molecule has 1 fully saturated rings. The van der Waals surface area contributed by atoms with Crippen molar-refractivity contribution in [3.63, 3.8) is 0 Å². The topological polar surface area (TPSA) is 55.1 Å². The van der Waals surface area contributed by atoms with E-state index in [4.69, 9.17) is 52.8 Å². The molecule has 0 aliphatic heterocycles. The minimum atomic E-state index is -0.820. The Bertz CT molecular complexity index is 563. The van der Waals surface area contributed by atoms with Gasteiger partial charge in [-0.15, -0.1) is 0 Å². The zero-order valence-corrected chi connectivity index (χ0v) is 14.3. The summed E-state index contributed by atoms with van der Waals surface area (Å²) in [5.74, 6) is -0.249. The van der Waals surface area contributed by atoms with E-state index in [2.05, 4.69) is 5.32 Å². The molecule has 0 heterocycles. The Hall–Kier alpha value is -0.550. The number of amides is 1. The van der Waals surface area contributed by atoms with Crippen LogP contribution in [0.3, 0.4) is 0 Å². The van der Waals surface area contributed by atoms with Crippen molar-refractivity contribution >= 4 is 63.6 Å². The summed E-state index contributed by atoms with van der Waals surface area (Å²) in [6.45, 7) is 0. The second kappa shape index (κ2) is 6.69. The van der Waals surface area contributed by atoms with Gasteiger partial charge in [0.25, 0.3) is 0 Å². The lowest BCUT2D eigenvalue weighted by atomic mass is 9.73. The summed E-state index contributed by atoms with van der Waals surface area (Å²) in [6, 6.07) is 3.05. The lowest BCUT2D eigenvalue weighted by Crippen LogP contribution is -2.47. The van der Waals surface area contributed by atoms with E-state index < -0.39 is 5.41 Å². The van der Waals surface area contributed by atoms with Gasteiger partial charge in [-0.05, 0) is 25.0 Å². The molecule has 3 N–H and O–H groups in total. The molecule has 0 unspecified atom stereocenters. The number of nitrogens with two attached hydrogens (primary N) is 1. The quantitative estimate of drug-likeness (QED) is 0.755. The smallest absolute Gasteiger partial charge is 0.237 e. The highest BCUT2D eigenvalue weighted by atomic mass is 35.5. The lowest BCUT2D eigenvalue weighted by molar-refractivity contribution is -0.123. The monoisotopic (exact) mass is 364 g/mol. The summed E-state index contributed by atoms with van der Waals surface area (Å²) in [7, 11) is 0. The van der Waals surface area contributed by atoms with Crippen molar-refractivity contribution in [2.75, 3.05) is 5.32 Å². The van der Waals surface area contributed by atoms with Crippen LogP contribution < -0.4 is 11.1 Å². The van der Waals surface area contributed by atoms with Crippen molar-refractivity contribution in [3.05, 3.63) is 27.2 Å². The van der Waals surface area contributed by atoms with Crippen LogP contribution >= 0.6 is 47.0 Å². The Morgan fingerprint density at radius 1 is 1.14 bits per heavy atom. The van der Waals surface area contributed by atoms with E-state index in [1.165, 1.54) is 12.1 Å². The van der Waals surface area contributed by atoms with E-state index in [0.29, 0.717) is 23.6 Å². The molecule has 0 radical (unpaired) electrons. The van der Waals surface area contributed by atoms with Gasteiger partial charge in [-0.25, -0.2) is 0 Å². The summed E-state index contributed by atoms with van der Waals surface area (Å²) in [4.78, 5) is 12.9. The van der Waals surface area contributed by atoms with Gasteiger partial charge in [-0.1, -0.05) is 66.3 Å². The molecule has 21 heavy (non-hydrogen) atoms. The number of halogens is 3. The van der Waals surface area contributed by atoms with Gasteiger partial charge in [0.2, 0.25) is 5.91 Å². The van der Waals surface area contributed by atoms with E-state index in [-0.39, 0.29) is 20.9 Å². The molecule has 3 nitrogen and oxygen atoms in total. The highest BCUT2D eigenvalue weighted by molar-refractivity contribution is 7.80. The van der Waals surface area contributed by atoms with Gasteiger partial charge in [0.15, 0.2) is 0 Å². The maximum absolute atomic E-state index is 12.7. The molecule has 0 saturated heterocycles.